The van der Waals surface area contributed by atoms with Crippen molar-refractivity contribution in [1.82, 2.24) is 19.8 Å². The molecule has 0 spiro atoms. The number of thioether (sulfide) groups is 1. The van der Waals surface area contributed by atoms with Crippen LogP contribution in [0.2, 0.25) is 0 Å². The molecule has 2 amide bonds. The molecule has 5 rings (SSSR count). The topological polar surface area (TPSA) is 183 Å². The fourth-order valence-electron chi connectivity index (χ4n) is 4.47. The smallest absolute Gasteiger partial charge is 0.289 e. The van der Waals surface area contributed by atoms with Gasteiger partial charge in [0.05, 0.1) is 23.6 Å². The number of carboxylic acids is 1. The van der Waals surface area contributed by atoms with Crippen molar-refractivity contribution in [3.63, 3.8) is 0 Å². The molecule has 4 aliphatic rings. The lowest BCUT2D eigenvalue weighted by atomic mass is 10.0. The summed E-state index contributed by atoms with van der Waals surface area (Å²) >= 11 is 2.45. The number of thiazole rings is 1. The van der Waals surface area contributed by atoms with Crippen molar-refractivity contribution in [2.75, 3.05) is 18.6 Å². The molecule has 13 nitrogen and oxygen atoms in total. The molecular weight excluding hydrogens is 532 g/mol. The number of carboxylic acid groups (broad SMARTS) is 1. The summed E-state index contributed by atoms with van der Waals surface area (Å²) in [5.41, 5.74) is 8.08. The number of aromatic nitrogens is 3. The second-order valence-corrected chi connectivity index (χ2v) is 10.4. The van der Waals surface area contributed by atoms with E-state index in [9.17, 15) is 24.8 Å². The van der Waals surface area contributed by atoms with Crippen LogP contribution in [0.15, 0.2) is 46.3 Å². The zero-order valence-electron chi connectivity index (χ0n) is 20.1. The van der Waals surface area contributed by atoms with Gasteiger partial charge in [0.25, 0.3) is 17.5 Å². The van der Waals surface area contributed by atoms with E-state index in [1.54, 1.807) is 23.0 Å². The number of nitrogens with two attached hydrogens (primary N) is 1. The molecule has 0 bridgehead atoms. The van der Waals surface area contributed by atoms with Crippen molar-refractivity contribution >= 4 is 51.7 Å². The summed E-state index contributed by atoms with van der Waals surface area (Å²) in [4.78, 5) is 48.1. The predicted octanol–water partition coefficient (Wildman–Crippen LogP) is -1.12. The number of carbonyl (C=O) groups is 3. The molecule has 1 aromatic heterocycles. The lowest BCUT2D eigenvalue weighted by molar-refractivity contribution is -0.596. The first-order valence-electron chi connectivity index (χ1n) is 11.2. The Hall–Kier alpha value is -4.42. The van der Waals surface area contributed by atoms with Crippen LogP contribution in [0.4, 0.5) is 5.13 Å². The number of oxime groups is 1. The van der Waals surface area contributed by atoms with E-state index in [-0.39, 0.29) is 28.8 Å². The predicted molar refractivity (Wildman–Crippen MR) is 134 cm³/mol. The van der Waals surface area contributed by atoms with Gasteiger partial charge in [-0.3, -0.25) is 14.5 Å². The van der Waals surface area contributed by atoms with E-state index >= 15 is 0 Å². The monoisotopic (exact) mass is 552 g/mol. The molecular formula is C23H20N8O5S2. The van der Waals surface area contributed by atoms with Crippen LogP contribution in [-0.2, 0) is 25.8 Å². The van der Waals surface area contributed by atoms with Gasteiger partial charge in [0.2, 0.25) is 5.69 Å². The Morgan fingerprint density at radius 3 is 2.89 bits per heavy atom. The molecule has 4 aliphatic heterocycles. The highest BCUT2D eigenvalue weighted by atomic mass is 32.2. The van der Waals surface area contributed by atoms with Crippen LogP contribution in [0.1, 0.15) is 17.1 Å². The number of hydrogen-bond acceptors (Lipinski definition) is 11. The first-order valence-corrected chi connectivity index (χ1v) is 13.1. The van der Waals surface area contributed by atoms with Crippen molar-refractivity contribution in [3.05, 3.63) is 58.3 Å². The van der Waals surface area contributed by atoms with Gasteiger partial charge < -0.3 is 30.4 Å². The maximum Gasteiger partial charge on any atom is 0.289 e. The van der Waals surface area contributed by atoms with E-state index in [4.69, 9.17) is 10.6 Å². The van der Waals surface area contributed by atoms with Crippen molar-refractivity contribution in [1.29, 1.82) is 5.26 Å². The maximum absolute atomic E-state index is 13.1. The normalized spacial score (nSPS) is 19.1. The molecule has 0 unspecified atom stereocenters. The summed E-state index contributed by atoms with van der Waals surface area (Å²) in [6.45, 7) is 2.07. The quantitative estimate of drug-likeness (QED) is 0.159. The molecule has 38 heavy (non-hydrogen) atoms. The number of amides is 2. The van der Waals surface area contributed by atoms with E-state index in [0.717, 1.165) is 27.6 Å². The van der Waals surface area contributed by atoms with Crippen LogP contribution in [-0.4, -0.2) is 62.2 Å². The summed E-state index contributed by atoms with van der Waals surface area (Å²) in [5.74, 6) is -2.46. The number of anilines is 1. The first kappa shape index (κ1) is 25.2. The fraction of sp³-hybridized carbons (Fsp3) is 0.261. The zero-order chi connectivity index (χ0) is 27.1. The summed E-state index contributed by atoms with van der Waals surface area (Å²) in [6, 6.07) is 4.67. The van der Waals surface area contributed by atoms with E-state index < -0.39 is 29.2 Å². The van der Waals surface area contributed by atoms with E-state index in [1.165, 1.54) is 24.3 Å². The highest BCUT2D eigenvalue weighted by Gasteiger charge is 2.53. The Morgan fingerprint density at radius 2 is 2.24 bits per heavy atom. The van der Waals surface area contributed by atoms with Crippen LogP contribution >= 0.6 is 23.1 Å². The minimum atomic E-state index is -1.48. The molecule has 0 aromatic carbocycles. The number of carbonyl (C=O) groups excluding carboxylic acids is 3. The zero-order valence-corrected chi connectivity index (χ0v) is 21.7. The summed E-state index contributed by atoms with van der Waals surface area (Å²) in [6.07, 6.45) is 3.48. The molecule has 0 radical (unpaired) electrons. The van der Waals surface area contributed by atoms with E-state index in [2.05, 4.69) is 21.5 Å². The minimum absolute atomic E-state index is 0.156. The average molecular weight is 553 g/mol. The SMILES string of the molecule is CO/N=C(\C(=O)N[C@@H]1C(=O)N2C(C(=O)[O-])=C(Cn3cc[n+]4c(C#N)ccc-4c3C)CS[C@@H]12)c1csc(N)n1. The van der Waals surface area contributed by atoms with Gasteiger partial charge in [0.1, 0.15) is 24.2 Å². The second kappa shape index (κ2) is 9.80. The number of nitrogen functional groups attached to an aromatic ring is 1. The van der Waals surface area contributed by atoms with Crippen LogP contribution in [0, 0.1) is 18.3 Å². The molecule has 1 aromatic rings. The molecule has 1 fully saturated rings. The van der Waals surface area contributed by atoms with Gasteiger partial charge in [-0.25, -0.2) is 4.98 Å². The highest BCUT2D eigenvalue weighted by Crippen LogP contribution is 2.40. The minimum Gasteiger partial charge on any atom is -0.543 e. The Balaban J connectivity index is 1.38. The van der Waals surface area contributed by atoms with Gasteiger partial charge in [-0.05, 0) is 12.5 Å². The van der Waals surface area contributed by atoms with E-state index in [1.807, 2.05) is 17.6 Å². The van der Waals surface area contributed by atoms with Crippen molar-refractivity contribution < 1.29 is 28.9 Å². The summed E-state index contributed by atoms with van der Waals surface area (Å²) in [7, 11) is 1.27. The van der Waals surface area contributed by atoms with Crippen LogP contribution < -0.4 is 20.7 Å². The van der Waals surface area contributed by atoms with Crippen LogP contribution in [0.5, 0.6) is 0 Å². The third kappa shape index (κ3) is 4.13. The van der Waals surface area contributed by atoms with Gasteiger partial charge >= 0.3 is 0 Å². The number of hydrogen-bond donors (Lipinski definition) is 2. The van der Waals surface area contributed by atoms with Gasteiger partial charge in [0, 0.05) is 29.8 Å². The third-order valence-corrected chi connectivity index (χ3v) is 8.29. The fourth-order valence-corrected chi connectivity index (χ4v) is 6.36. The number of aliphatic carboxylic acids is 1. The maximum atomic E-state index is 13.1. The molecule has 194 valence electrons. The Bertz CT molecular complexity index is 1550. The Labute approximate surface area is 224 Å². The largest absolute Gasteiger partial charge is 0.543 e. The molecule has 15 heteroatoms. The number of nitriles is 1. The lowest BCUT2D eigenvalue weighted by Gasteiger charge is -2.50. The van der Waals surface area contributed by atoms with Gasteiger partial charge in [-0.2, -0.15) is 5.26 Å². The first-order chi connectivity index (χ1) is 18.2. The number of rotatable bonds is 7. The summed E-state index contributed by atoms with van der Waals surface area (Å²) in [5, 5.41) is 28.9. The molecule has 0 aliphatic carbocycles. The van der Waals surface area contributed by atoms with Gasteiger partial charge in [-0.15, -0.1) is 27.7 Å². The molecule has 1 saturated heterocycles. The standard InChI is InChI=1S/C23H20N8O5S2/c1-11-15-4-3-13(7-24)30(15)6-5-29(11)8-12-9-37-21-17(20(33)31(21)18(12)22(34)35)27-19(32)16(28-36-2)14-10-38-23(25)26-14/h3-6,10,17,21H,8-9H2,1-2H3,(H3-,25,26,27,32,34,35)/b28-16-/t17-,21+/m1/s1. The average Bonchev–Trinajstić information content (AvgIpc) is 3.52. The number of fused-ring (bicyclic) bond motifs is 2. The van der Waals surface area contributed by atoms with Gasteiger partial charge in [-0.1, -0.05) is 5.16 Å². The van der Waals surface area contributed by atoms with E-state index in [0.29, 0.717) is 17.0 Å². The number of nitrogens with zero attached hydrogens (tertiary/aromatic N) is 6. The summed E-state index contributed by atoms with van der Waals surface area (Å²) < 4.78 is 3.60. The Morgan fingerprint density at radius 1 is 1.45 bits per heavy atom. The molecule has 0 saturated carbocycles. The third-order valence-electron chi connectivity index (χ3n) is 6.28. The number of nitrogens with one attached hydrogen (secondary N) is 1. The highest BCUT2D eigenvalue weighted by molar-refractivity contribution is 8.00. The van der Waals surface area contributed by atoms with Crippen molar-refractivity contribution in [2.24, 2.45) is 5.16 Å². The lowest BCUT2D eigenvalue weighted by Crippen LogP contribution is -2.71. The van der Waals surface area contributed by atoms with Crippen molar-refractivity contribution in [2.45, 2.75) is 24.9 Å². The molecule has 2 atom stereocenters. The van der Waals surface area contributed by atoms with Crippen molar-refractivity contribution in [3.8, 4) is 11.8 Å². The second-order valence-electron chi connectivity index (χ2n) is 8.39. The van der Waals surface area contributed by atoms with Gasteiger partial charge in [0.15, 0.2) is 23.1 Å². The number of β-lactam (4-membered cyclic amide) rings is 1. The van der Waals surface area contributed by atoms with Crippen LogP contribution in [0.3, 0.4) is 0 Å². The Kier molecular flexibility index (Phi) is 6.51. The molecule has 5 heterocycles. The molecule has 3 N–H and O–H groups in total. The van der Waals surface area contributed by atoms with Crippen LogP contribution in [0.25, 0.3) is 5.69 Å².